The number of hydrogen-bond donors (Lipinski definition) is 1. The molecule has 0 unspecified atom stereocenters. The van der Waals surface area contributed by atoms with Crippen molar-refractivity contribution in [3.05, 3.63) is 42.9 Å². The third-order valence-corrected chi connectivity index (χ3v) is 2.05. The Morgan fingerprint density at radius 3 is 3.12 bits per heavy atom. The number of nitriles is 1. The standard InChI is InChI=1S/C12H10N4O/c1-2-5-15-12-10(7-13)16-11(17-12)9-4-3-6-14-8-9/h2-4,6,8,15H,1,5H2. The number of aromatic nitrogens is 2. The van der Waals surface area contributed by atoms with Crippen LogP contribution >= 0.6 is 0 Å². The summed E-state index contributed by atoms with van der Waals surface area (Å²) in [5.41, 5.74) is 0.960. The summed E-state index contributed by atoms with van der Waals surface area (Å²) in [6.07, 6.45) is 4.96. The lowest BCUT2D eigenvalue weighted by Crippen LogP contribution is -1.97. The van der Waals surface area contributed by atoms with Gasteiger partial charge in [-0.2, -0.15) is 10.2 Å². The zero-order valence-electron chi connectivity index (χ0n) is 9.05. The first-order valence-corrected chi connectivity index (χ1v) is 5.01. The van der Waals surface area contributed by atoms with Gasteiger partial charge < -0.3 is 9.73 Å². The number of pyridine rings is 1. The number of nitrogens with zero attached hydrogens (tertiary/aromatic N) is 3. The van der Waals surface area contributed by atoms with Gasteiger partial charge in [-0.1, -0.05) is 6.08 Å². The van der Waals surface area contributed by atoms with Crippen molar-refractivity contribution < 1.29 is 4.42 Å². The normalized spacial score (nSPS) is 9.59. The second-order valence-electron chi connectivity index (χ2n) is 3.22. The van der Waals surface area contributed by atoms with Gasteiger partial charge in [-0.25, -0.2) is 0 Å². The summed E-state index contributed by atoms with van der Waals surface area (Å²) in [5.74, 6) is 0.729. The summed E-state index contributed by atoms with van der Waals surface area (Å²) >= 11 is 0. The second kappa shape index (κ2) is 4.94. The fourth-order valence-electron chi connectivity index (χ4n) is 1.29. The van der Waals surface area contributed by atoms with Crippen molar-refractivity contribution in [1.29, 1.82) is 5.26 Å². The van der Waals surface area contributed by atoms with Crippen LogP contribution in [-0.2, 0) is 0 Å². The number of anilines is 1. The maximum atomic E-state index is 8.92. The van der Waals surface area contributed by atoms with E-state index in [0.717, 1.165) is 5.56 Å². The van der Waals surface area contributed by atoms with Crippen LogP contribution in [0, 0.1) is 11.3 Å². The van der Waals surface area contributed by atoms with Crippen molar-refractivity contribution >= 4 is 5.88 Å². The van der Waals surface area contributed by atoms with Crippen molar-refractivity contribution in [2.45, 2.75) is 0 Å². The predicted octanol–water partition coefficient (Wildman–Crippen LogP) is 2.21. The van der Waals surface area contributed by atoms with Crippen molar-refractivity contribution in [2.75, 3.05) is 11.9 Å². The van der Waals surface area contributed by atoms with Crippen LogP contribution < -0.4 is 5.32 Å². The first kappa shape index (κ1) is 10.9. The van der Waals surface area contributed by atoms with Crippen molar-refractivity contribution in [1.82, 2.24) is 9.97 Å². The van der Waals surface area contributed by atoms with E-state index in [-0.39, 0.29) is 5.69 Å². The predicted molar refractivity (Wildman–Crippen MR) is 63.1 cm³/mol. The van der Waals surface area contributed by atoms with Gasteiger partial charge in [-0.15, -0.1) is 6.58 Å². The molecule has 0 radical (unpaired) electrons. The molecule has 2 aromatic heterocycles. The molecule has 1 N–H and O–H groups in total. The van der Waals surface area contributed by atoms with E-state index in [1.165, 1.54) is 0 Å². The van der Waals surface area contributed by atoms with E-state index in [4.69, 9.17) is 9.68 Å². The summed E-state index contributed by atoms with van der Waals surface area (Å²) in [5, 5.41) is 11.8. The Bertz CT molecular complexity index is 554. The smallest absolute Gasteiger partial charge is 0.232 e. The quantitative estimate of drug-likeness (QED) is 0.809. The van der Waals surface area contributed by atoms with E-state index in [0.29, 0.717) is 18.3 Å². The molecule has 0 saturated heterocycles. The van der Waals surface area contributed by atoms with Gasteiger partial charge in [0, 0.05) is 18.9 Å². The van der Waals surface area contributed by atoms with Crippen molar-refractivity contribution in [3.63, 3.8) is 0 Å². The van der Waals surface area contributed by atoms with Gasteiger partial charge in [0.15, 0.2) is 0 Å². The SMILES string of the molecule is C=CCNc1oc(-c2cccnc2)nc1C#N. The van der Waals surface area contributed by atoms with Gasteiger partial charge >= 0.3 is 0 Å². The molecule has 0 bridgehead atoms. The number of rotatable bonds is 4. The molecule has 0 aliphatic rings. The van der Waals surface area contributed by atoms with E-state index >= 15 is 0 Å². The molecule has 0 aliphatic heterocycles. The molecule has 17 heavy (non-hydrogen) atoms. The Morgan fingerprint density at radius 2 is 2.47 bits per heavy atom. The molecule has 0 aliphatic carbocycles. The van der Waals surface area contributed by atoms with Crippen LogP contribution in [0.4, 0.5) is 5.88 Å². The maximum absolute atomic E-state index is 8.92. The Balaban J connectivity index is 2.35. The molecule has 2 rings (SSSR count). The van der Waals surface area contributed by atoms with Gasteiger partial charge in [0.05, 0.1) is 5.56 Å². The molecule has 0 spiro atoms. The number of nitrogens with one attached hydrogen (secondary N) is 1. The van der Waals surface area contributed by atoms with E-state index in [9.17, 15) is 0 Å². The molecule has 0 atom stereocenters. The monoisotopic (exact) mass is 226 g/mol. The molecule has 5 nitrogen and oxygen atoms in total. The lowest BCUT2D eigenvalue weighted by atomic mass is 10.3. The lowest BCUT2D eigenvalue weighted by molar-refractivity contribution is 0.587. The first-order chi connectivity index (χ1) is 8.35. The third-order valence-electron chi connectivity index (χ3n) is 2.05. The van der Waals surface area contributed by atoms with Crippen LogP contribution in [0.15, 0.2) is 41.6 Å². The van der Waals surface area contributed by atoms with Gasteiger partial charge in [0.25, 0.3) is 0 Å². The lowest BCUT2D eigenvalue weighted by Gasteiger charge is -1.96. The molecule has 2 heterocycles. The van der Waals surface area contributed by atoms with Crippen LogP contribution in [-0.4, -0.2) is 16.5 Å². The molecule has 5 heteroatoms. The van der Waals surface area contributed by atoms with Crippen LogP contribution in [0.3, 0.4) is 0 Å². The van der Waals surface area contributed by atoms with Gasteiger partial charge in [0.1, 0.15) is 6.07 Å². The van der Waals surface area contributed by atoms with E-state index in [1.807, 2.05) is 12.1 Å². The molecule has 0 amide bonds. The average Bonchev–Trinajstić information content (AvgIpc) is 2.80. The molecule has 84 valence electrons. The highest BCUT2D eigenvalue weighted by molar-refractivity contribution is 5.57. The van der Waals surface area contributed by atoms with Crippen LogP contribution in [0.2, 0.25) is 0 Å². The topological polar surface area (TPSA) is 74.7 Å². The van der Waals surface area contributed by atoms with Crippen LogP contribution in [0.5, 0.6) is 0 Å². The molecule has 0 fully saturated rings. The second-order valence-corrected chi connectivity index (χ2v) is 3.22. The van der Waals surface area contributed by atoms with Gasteiger partial charge in [0.2, 0.25) is 17.5 Å². The number of oxazole rings is 1. The Labute approximate surface area is 98.4 Å². The number of hydrogen-bond acceptors (Lipinski definition) is 5. The highest BCUT2D eigenvalue weighted by Crippen LogP contribution is 2.24. The summed E-state index contributed by atoms with van der Waals surface area (Å²) in [6.45, 7) is 4.09. The summed E-state index contributed by atoms with van der Waals surface area (Å²) < 4.78 is 5.46. The van der Waals surface area contributed by atoms with Crippen molar-refractivity contribution in [2.24, 2.45) is 0 Å². The van der Waals surface area contributed by atoms with Gasteiger partial charge in [-0.05, 0) is 12.1 Å². The minimum absolute atomic E-state index is 0.228. The van der Waals surface area contributed by atoms with E-state index in [1.54, 1.807) is 24.5 Å². The highest BCUT2D eigenvalue weighted by atomic mass is 16.4. The largest absolute Gasteiger partial charge is 0.419 e. The minimum atomic E-state index is 0.228. The van der Waals surface area contributed by atoms with E-state index < -0.39 is 0 Å². The van der Waals surface area contributed by atoms with Crippen LogP contribution in [0.1, 0.15) is 5.69 Å². The summed E-state index contributed by atoms with van der Waals surface area (Å²) in [7, 11) is 0. The first-order valence-electron chi connectivity index (χ1n) is 5.01. The molecule has 0 saturated carbocycles. The Kier molecular flexibility index (Phi) is 3.17. The van der Waals surface area contributed by atoms with Crippen LogP contribution in [0.25, 0.3) is 11.5 Å². The van der Waals surface area contributed by atoms with Gasteiger partial charge in [-0.3, -0.25) is 4.98 Å². The maximum Gasteiger partial charge on any atom is 0.232 e. The Morgan fingerprint density at radius 1 is 1.59 bits per heavy atom. The van der Waals surface area contributed by atoms with E-state index in [2.05, 4.69) is 21.9 Å². The fourth-order valence-corrected chi connectivity index (χ4v) is 1.29. The zero-order valence-corrected chi connectivity index (χ0v) is 9.05. The minimum Gasteiger partial charge on any atom is -0.419 e. The highest BCUT2D eigenvalue weighted by Gasteiger charge is 2.13. The molecular formula is C12H10N4O. The van der Waals surface area contributed by atoms with Crippen molar-refractivity contribution in [3.8, 4) is 17.5 Å². The average molecular weight is 226 g/mol. The molecular weight excluding hydrogens is 216 g/mol. The summed E-state index contributed by atoms with van der Waals surface area (Å²) in [6, 6.07) is 5.57. The fraction of sp³-hybridized carbons (Fsp3) is 0.0833. The molecule has 2 aromatic rings. The zero-order chi connectivity index (χ0) is 12.1. The Hall–Kier alpha value is -2.61. The summed E-state index contributed by atoms with van der Waals surface area (Å²) in [4.78, 5) is 8.06. The third kappa shape index (κ3) is 2.32. The molecule has 0 aromatic carbocycles.